The maximum atomic E-state index is 11.9. The molecule has 0 radical (unpaired) electrons. The number of alkyl halides is 1. The molecule has 100 valence electrons. The van der Waals surface area contributed by atoms with Gasteiger partial charge in [-0.3, -0.25) is 4.79 Å². The Morgan fingerprint density at radius 3 is 2.78 bits per heavy atom. The van der Waals surface area contributed by atoms with Crippen molar-refractivity contribution in [3.05, 3.63) is 22.6 Å². The highest BCUT2D eigenvalue weighted by atomic mass is 35.5. The second-order valence-corrected chi connectivity index (χ2v) is 4.65. The van der Waals surface area contributed by atoms with Crippen LogP contribution in [0.4, 0.5) is 5.69 Å². The van der Waals surface area contributed by atoms with Crippen LogP contribution in [0.1, 0.15) is 12.8 Å². The van der Waals surface area contributed by atoms with Crippen LogP contribution in [-0.4, -0.2) is 42.0 Å². The molecule has 0 saturated carbocycles. The Kier molecular flexibility index (Phi) is 5.01. The Morgan fingerprint density at radius 2 is 2.11 bits per heavy atom. The Hall–Kier alpha value is -1.07. The quantitative estimate of drug-likeness (QED) is 0.574. The molecular formula is C12H18ClN3O2. The highest BCUT2D eigenvalue weighted by molar-refractivity contribution is 6.17. The Balaban J connectivity index is 1.94. The molecule has 0 aliphatic carbocycles. The fourth-order valence-corrected chi connectivity index (χ4v) is 2.16. The number of hydrogen-bond acceptors (Lipinski definition) is 4. The van der Waals surface area contributed by atoms with E-state index >= 15 is 0 Å². The van der Waals surface area contributed by atoms with E-state index in [1.54, 1.807) is 12.3 Å². The molecule has 1 aliphatic rings. The fourth-order valence-electron chi connectivity index (χ4n) is 2.05. The van der Waals surface area contributed by atoms with Gasteiger partial charge in [-0.05, 0) is 12.8 Å². The van der Waals surface area contributed by atoms with Gasteiger partial charge in [0.25, 0.3) is 5.56 Å². The van der Waals surface area contributed by atoms with Gasteiger partial charge in [-0.15, -0.1) is 11.6 Å². The lowest BCUT2D eigenvalue weighted by Crippen LogP contribution is -2.27. The molecule has 6 heteroatoms. The Labute approximate surface area is 111 Å². The molecule has 1 fully saturated rings. The van der Waals surface area contributed by atoms with Gasteiger partial charge in [-0.25, -0.2) is 4.68 Å². The minimum Gasteiger partial charge on any atom is -0.378 e. The summed E-state index contributed by atoms with van der Waals surface area (Å²) in [4.78, 5) is 14.0. The highest BCUT2D eigenvalue weighted by Crippen LogP contribution is 2.16. The van der Waals surface area contributed by atoms with Gasteiger partial charge in [-0.2, -0.15) is 5.10 Å². The van der Waals surface area contributed by atoms with E-state index in [1.807, 2.05) is 0 Å². The number of rotatable bonds is 6. The summed E-state index contributed by atoms with van der Waals surface area (Å²) < 4.78 is 6.65. The molecule has 18 heavy (non-hydrogen) atoms. The molecule has 5 nitrogen and oxygen atoms in total. The number of halogens is 1. The topological polar surface area (TPSA) is 47.4 Å². The summed E-state index contributed by atoms with van der Waals surface area (Å²) in [5, 5.41) is 4.17. The summed E-state index contributed by atoms with van der Waals surface area (Å²) >= 11 is 5.49. The predicted molar refractivity (Wildman–Crippen MR) is 71.5 cm³/mol. The zero-order chi connectivity index (χ0) is 12.8. The first kappa shape index (κ1) is 13.4. The smallest absolute Gasteiger partial charge is 0.268 e. The first-order chi connectivity index (χ1) is 8.81. The number of hydrogen-bond donors (Lipinski definition) is 0. The lowest BCUT2D eigenvalue weighted by molar-refractivity contribution is 0.136. The molecule has 0 amide bonds. The van der Waals surface area contributed by atoms with Gasteiger partial charge in [0.15, 0.2) is 0 Å². The fraction of sp³-hybridized carbons (Fsp3) is 0.667. The van der Waals surface area contributed by atoms with Crippen LogP contribution in [-0.2, 0) is 11.3 Å². The summed E-state index contributed by atoms with van der Waals surface area (Å²) in [6.45, 7) is 3.47. The van der Waals surface area contributed by atoms with E-state index < -0.39 is 0 Å². The molecule has 0 N–H and O–H groups in total. The Morgan fingerprint density at radius 1 is 1.33 bits per heavy atom. The van der Waals surface area contributed by atoms with E-state index in [9.17, 15) is 4.79 Å². The molecule has 1 saturated heterocycles. The van der Waals surface area contributed by atoms with Crippen molar-refractivity contribution >= 4 is 17.3 Å². The molecule has 0 spiro atoms. The van der Waals surface area contributed by atoms with Gasteiger partial charge in [0.1, 0.15) is 0 Å². The number of aromatic nitrogens is 2. The van der Waals surface area contributed by atoms with Crippen molar-refractivity contribution in [2.45, 2.75) is 19.4 Å². The third-order valence-electron chi connectivity index (χ3n) is 3.00. The second kappa shape index (κ2) is 6.75. The average Bonchev–Trinajstić information content (AvgIpc) is 2.90. The molecule has 1 aliphatic heterocycles. The highest BCUT2D eigenvalue weighted by Gasteiger charge is 2.13. The zero-order valence-electron chi connectivity index (χ0n) is 10.3. The first-order valence-electron chi connectivity index (χ1n) is 6.27. The maximum Gasteiger partial charge on any atom is 0.268 e. The molecule has 1 aromatic heterocycles. The van der Waals surface area contributed by atoms with Crippen molar-refractivity contribution < 1.29 is 4.74 Å². The monoisotopic (exact) mass is 271 g/mol. The van der Waals surface area contributed by atoms with Crippen LogP contribution in [0.15, 0.2) is 17.1 Å². The van der Waals surface area contributed by atoms with Crippen molar-refractivity contribution in [3.8, 4) is 0 Å². The van der Waals surface area contributed by atoms with Gasteiger partial charge >= 0.3 is 0 Å². The molecular weight excluding hydrogens is 254 g/mol. The van der Waals surface area contributed by atoms with E-state index in [4.69, 9.17) is 16.3 Å². The van der Waals surface area contributed by atoms with Crippen LogP contribution in [0.5, 0.6) is 0 Å². The summed E-state index contributed by atoms with van der Waals surface area (Å²) in [5.74, 6) is 0.468. The molecule has 0 atom stereocenters. The third kappa shape index (κ3) is 3.46. The van der Waals surface area contributed by atoms with Crippen molar-refractivity contribution in [1.29, 1.82) is 0 Å². The van der Waals surface area contributed by atoms with Gasteiger partial charge in [0.2, 0.25) is 0 Å². The largest absolute Gasteiger partial charge is 0.378 e. The summed E-state index contributed by atoms with van der Waals surface area (Å²) in [6.07, 6.45) is 4.14. The second-order valence-electron chi connectivity index (χ2n) is 4.27. The molecule has 2 rings (SSSR count). The molecule has 0 unspecified atom stereocenters. The van der Waals surface area contributed by atoms with Gasteiger partial charge in [0, 0.05) is 25.0 Å². The van der Waals surface area contributed by atoms with Crippen LogP contribution in [0.2, 0.25) is 0 Å². The van der Waals surface area contributed by atoms with Crippen molar-refractivity contribution in [1.82, 2.24) is 9.78 Å². The number of nitrogens with zero attached hydrogens (tertiary/aromatic N) is 3. The van der Waals surface area contributed by atoms with E-state index in [0.29, 0.717) is 25.6 Å². The van der Waals surface area contributed by atoms with Crippen LogP contribution in [0.25, 0.3) is 0 Å². The van der Waals surface area contributed by atoms with Crippen molar-refractivity contribution in [2.24, 2.45) is 0 Å². The van der Waals surface area contributed by atoms with E-state index in [0.717, 1.165) is 18.8 Å². The van der Waals surface area contributed by atoms with Gasteiger partial charge < -0.3 is 9.64 Å². The summed E-state index contributed by atoms with van der Waals surface area (Å²) in [5.41, 5.74) is 0.851. The number of anilines is 1. The van der Waals surface area contributed by atoms with Crippen LogP contribution in [0, 0.1) is 0 Å². The first-order valence-corrected chi connectivity index (χ1v) is 6.80. The minimum atomic E-state index is -0.0751. The molecule has 1 aromatic rings. The minimum absolute atomic E-state index is 0.0751. The van der Waals surface area contributed by atoms with E-state index in [2.05, 4.69) is 10.00 Å². The van der Waals surface area contributed by atoms with Gasteiger partial charge in [0.05, 0.1) is 31.6 Å². The lowest BCUT2D eigenvalue weighted by atomic mass is 10.4. The predicted octanol–water partition coefficient (Wildman–Crippen LogP) is 1.10. The van der Waals surface area contributed by atoms with Crippen molar-refractivity contribution in [3.63, 3.8) is 0 Å². The number of ether oxygens (including phenoxy) is 1. The summed E-state index contributed by atoms with van der Waals surface area (Å²) in [6, 6.07) is 1.65. The van der Waals surface area contributed by atoms with Crippen LogP contribution in [0.3, 0.4) is 0 Å². The molecule has 0 aromatic carbocycles. The standard InChI is InChI=1S/C12H18ClN3O2/c13-3-7-18-8-6-16-12(17)9-11(10-14-16)15-4-1-2-5-15/h9-10H,1-8H2. The zero-order valence-corrected chi connectivity index (χ0v) is 11.1. The average molecular weight is 272 g/mol. The van der Waals surface area contributed by atoms with E-state index in [1.165, 1.54) is 17.5 Å². The molecule has 2 heterocycles. The summed E-state index contributed by atoms with van der Waals surface area (Å²) in [7, 11) is 0. The van der Waals surface area contributed by atoms with Crippen molar-refractivity contribution in [2.75, 3.05) is 37.1 Å². The Bertz CT molecular complexity index is 430. The lowest BCUT2D eigenvalue weighted by Gasteiger charge is -2.17. The third-order valence-corrected chi connectivity index (χ3v) is 3.15. The molecule has 0 bridgehead atoms. The maximum absolute atomic E-state index is 11.9. The normalized spacial score (nSPS) is 15.3. The van der Waals surface area contributed by atoms with E-state index in [-0.39, 0.29) is 5.56 Å². The van der Waals surface area contributed by atoms with Crippen LogP contribution >= 0.6 is 11.6 Å². The van der Waals surface area contributed by atoms with Crippen LogP contribution < -0.4 is 10.5 Å². The van der Waals surface area contributed by atoms with Gasteiger partial charge in [-0.1, -0.05) is 0 Å². The SMILES string of the molecule is O=c1cc(N2CCCC2)cnn1CCOCCCl.